The van der Waals surface area contributed by atoms with Gasteiger partial charge in [0.2, 0.25) is 0 Å². The minimum absolute atomic E-state index is 0.00917. The molecule has 0 bridgehead atoms. The van der Waals surface area contributed by atoms with Crippen molar-refractivity contribution in [3.63, 3.8) is 0 Å². The van der Waals surface area contributed by atoms with Crippen LogP contribution in [-0.2, 0) is 0 Å². The van der Waals surface area contributed by atoms with Crippen molar-refractivity contribution < 1.29 is 14.6 Å². The van der Waals surface area contributed by atoms with Crippen molar-refractivity contribution in [2.75, 3.05) is 7.11 Å². The predicted octanol–water partition coefficient (Wildman–Crippen LogP) is 5.51. The number of carbonyl (C=O) groups is 1. The fraction of sp³-hybridized carbons (Fsp3) is 0.0455. The van der Waals surface area contributed by atoms with E-state index in [-0.39, 0.29) is 11.5 Å². The zero-order valence-electron chi connectivity index (χ0n) is 14.1. The topological polar surface area (TPSA) is 46.5 Å². The monoisotopic (exact) mass is 360 g/mol. The second kappa shape index (κ2) is 6.65. The van der Waals surface area contributed by atoms with Crippen LogP contribution in [0.3, 0.4) is 0 Å². The number of thiophene rings is 1. The highest BCUT2D eigenvalue weighted by molar-refractivity contribution is 7.22. The number of fused-ring (bicyclic) bond motifs is 1. The van der Waals surface area contributed by atoms with Crippen molar-refractivity contribution in [3.05, 3.63) is 83.9 Å². The fourth-order valence-corrected chi connectivity index (χ4v) is 4.21. The van der Waals surface area contributed by atoms with Gasteiger partial charge in [-0.3, -0.25) is 4.79 Å². The van der Waals surface area contributed by atoms with Crippen molar-refractivity contribution >= 4 is 27.2 Å². The number of ketones is 1. The van der Waals surface area contributed by atoms with Gasteiger partial charge < -0.3 is 9.84 Å². The van der Waals surface area contributed by atoms with E-state index in [1.807, 2.05) is 60.7 Å². The molecule has 1 heterocycles. The van der Waals surface area contributed by atoms with Crippen LogP contribution in [0, 0.1) is 0 Å². The Labute approximate surface area is 155 Å². The van der Waals surface area contributed by atoms with E-state index in [0.29, 0.717) is 11.1 Å². The molecule has 0 saturated heterocycles. The van der Waals surface area contributed by atoms with Gasteiger partial charge in [0.15, 0.2) is 5.78 Å². The molecule has 3 nitrogen and oxygen atoms in total. The second-order valence-electron chi connectivity index (χ2n) is 5.91. The summed E-state index contributed by atoms with van der Waals surface area (Å²) in [6.45, 7) is 0. The number of aromatic hydroxyl groups is 1. The molecule has 3 aromatic carbocycles. The minimum Gasteiger partial charge on any atom is -0.508 e. The molecule has 4 heteroatoms. The molecule has 26 heavy (non-hydrogen) atoms. The van der Waals surface area contributed by atoms with Crippen LogP contribution in [0.1, 0.15) is 15.9 Å². The highest BCUT2D eigenvalue weighted by Gasteiger charge is 2.21. The van der Waals surface area contributed by atoms with Gasteiger partial charge in [-0.05, 0) is 48.0 Å². The largest absolute Gasteiger partial charge is 0.508 e. The molecular weight excluding hydrogens is 344 g/mol. The summed E-state index contributed by atoms with van der Waals surface area (Å²) < 4.78 is 6.32. The summed E-state index contributed by atoms with van der Waals surface area (Å²) in [6, 6.07) is 22.0. The van der Waals surface area contributed by atoms with Crippen LogP contribution in [0.15, 0.2) is 72.8 Å². The summed E-state index contributed by atoms with van der Waals surface area (Å²) in [7, 11) is 1.63. The first kappa shape index (κ1) is 16.4. The molecule has 0 unspecified atom stereocenters. The van der Waals surface area contributed by atoms with Gasteiger partial charge in [0.1, 0.15) is 11.5 Å². The van der Waals surface area contributed by atoms with Gasteiger partial charge in [-0.2, -0.15) is 0 Å². The molecule has 0 spiro atoms. The lowest BCUT2D eigenvalue weighted by molar-refractivity contribution is 0.104. The van der Waals surface area contributed by atoms with Crippen LogP contribution in [0.5, 0.6) is 11.5 Å². The molecular formula is C22H16O3S. The van der Waals surface area contributed by atoms with E-state index in [1.165, 1.54) is 0 Å². The average molecular weight is 360 g/mol. The number of hydrogen-bond donors (Lipinski definition) is 1. The van der Waals surface area contributed by atoms with Crippen molar-refractivity contribution in [2.45, 2.75) is 0 Å². The number of ether oxygens (including phenoxy) is 1. The van der Waals surface area contributed by atoms with Gasteiger partial charge in [-0.15, -0.1) is 11.3 Å². The Bertz CT molecular complexity index is 1080. The molecule has 1 N–H and O–H groups in total. The first-order valence-electron chi connectivity index (χ1n) is 8.17. The van der Waals surface area contributed by atoms with Crippen LogP contribution < -0.4 is 4.74 Å². The van der Waals surface area contributed by atoms with Gasteiger partial charge in [0.05, 0.1) is 7.11 Å². The molecule has 4 aromatic rings. The zero-order chi connectivity index (χ0) is 18.1. The third-order valence-corrected chi connectivity index (χ3v) is 5.49. The summed E-state index contributed by atoms with van der Waals surface area (Å²) >= 11 is 1.55. The van der Waals surface area contributed by atoms with Gasteiger partial charge in [0, 0.05) is 26.1 Å². The first-order chi connectivity index (χ1) is 12.7. The molecule has 1 aromatic heterocycles. The van der Waals surface area contributed by atoms with E-state index < -0.39 is 0 Å². The molecule has 0 radical (unpaired) electrons. The maximum atomic E-state index is 13.3. The number of phenolic OH excluding ortho intramolecular Hbond substituents is 1. The maximum absolute atomic E-state index is 13.3. The van der Waals surface area contributed by atoms with Gasteiger partial charge in [0.25, 0.3) is 0 Å². The van der Waals surface area contributed by atoms with Crippen molar-refractivity contribution in [1.29, 1.82) is 0 Å². The number of benzene rings is 3. The fourth-order valence-electron chi connectivity index (χ4n) is 2.98. The standard InChI is InChI=1S/C22H16O3S/c1-25-17-11-12-18-19(13-17)26-22(15-7-9-16(23)10-8-15)20(18)21(24)14-5-3-2-4-6-14/h2-13,23H,1H3. The van der Waals surface area contributed by atoms with Crippen LogP contribution in [-0.4, -0.2) is 18.0 Å². The molecule has 0 aliphatic rings. The third-order valence-electron chi connectivity index (χ3n) is 4.29. The van der Waals surface area contributed by atoms with Crippen LogP contribution in [0.2, 0.25) is 0 Å². The lowest BCUT2D eigenvalue weighted by Gasteiger charge is -2.05. The van der Waals surface area contributed by atoms with Gasteiger partial charge >= 0.3 is 0 Å². The second-order valence-corrected chi connectivity index (χ2v) is 6.96. The summed E-state index contributed by atoms with van der Waals surface area (Å²) in [5, 5.41) is 10.5. The normalized spacial score (nSPS) is 10.8. The molecule has 128 valence electrons. The van der Waals surface area contributed by atoms with E-state index in [9.17, 15) is 9.90 Å². The Morgan fingerprint density at radius 3 is 2.38 bits per heavy atom. The smallest absolute Gasteiger partial charge is 0.195 e. The zero-order valence-corrected chi connectivity index (χ0v) is 14.9. The molecule has 0 aliphatic carbocycles. The Hall–Kier alpha value is -3.11. The van der Waals surface area contributed by atoms with E-state index in [4.69, 9.17) is 4.74 Å². The molecule has 0 amide bonds. The van der Waals surface area contributed by atoms with Crippen molar-refractivity contribution in [2.24, 2.45) is 0 Å². The number of carbonyl (C=O) groups excluding carboxylic acids is 1. The molecule has 4 rings (SSSR count). The number of rotatable bonds is 4. The van der Waals surface area contributed by atoms with E-state index >= 15 is 0 Å². The number of methoxy groups -OCH3 is 1. The molecule has 0 atom stereocenters. The first-order valence-corrected chi connectivity index (χ1v) is 8.98. The lowest BCUT2D eigenvalue weighted by Crippen LogP contribution is -2.01. The maximum Gasteiger partial charge on any atom is 0.195 e. The quantitative estimate of drug-likeness (QED) is 0.488. The van der Waals surface area contributed by atoms with Gasteiger partial charge in [-0.1, -0.05) is 30.3 Å². The molecule has 0 saturated carbocycles. The van der Waals surface area contributed by atoms with E-state index in [1.54, 1.807) is 30.6 Å². The third kappa shape index (κ3) is 2.85. The Balaban J connectivity index is 1.97. The summed E-state index contributed by atoms with van der Waals surface area (Å²) in [6.07, 6.45) is 0. The van der Waals surface area contributed by atoms with Crippen molar-refractivity contribution in [1.82, 2.24) is 0 Å². The highest BCUT2D eigenvalue weighted by atomic mass is 32.1. The Morgan fingerprint density at radius 1 is 0.962 bits per heavy atom. The lowest BCUT2D eigenvalue weighted by atomic mass is 9.97. The number of phenols is 1. The van der Waals surface area contributed by atoms with Crippen molar-refractivity contribution in [3.8, 4) is 21.9 Å². The van der Waals surface area contributed by atoms with Crippen LogP contribution in [0.4, 0.5) is 0 Å². The highest BCUT2D eigenvalue weighted by Crippen LogP contribution is 2.41. The molecule has 0 aliphatic heterocycles. The van der Waals surface area contributed by atoms with Crippen LogP contribution >= 0.6 is 11.3 Å². The predicted molar refractivity (Wildman–Crippen MR) is 105 cm³/mol. The summed E-state index contributed by atoms with van der Waals surface area (Å²) in [5.74, 6) is 0.951. The average Bonchev–Trinajstić information content (AvgIpc) is 3.07. The summed E-state index contributed by atoms with van der Waals surface area (Å²) in [5.41, 5.74) is 2.25. The minimum atomic E-state index is -0.00917. The number of hydrogen-bond acceptors (Lipinski definition) is 4. The van der Waals surface area contributed by atoms with E-state index in [2.05, 4.69) is 0 Å². The van der Waals surface area contributed by atoms with E-state index in [0.717, 1.165) is 26.3 Å². The summed E-state index contributed by atoms with van der Waals surface area (Å²) in [4.78, 5) is 14.2. The van der Waals surface area contributed by atoms with Crippen LogP contribution in [0.25, 0.3) is 20.5 Å². The Morgan fingerprint density at radius 2 is 1.69 bits per heavy atom. The SMILES string of the molecule is COc1ccc2c(C(=O)c3ccccc3)c(-c3ccc(O)cc3)sc2c1. The van der Waals surface area contributed by atoms with Gasteiger partial charge in [-0.25, -0.2) is 0 Å². The molecule has 0 fully saturated rings. The Kier molecular flexibility index (Phi) is 4.19.